The van der Waals surface area contributed by atoms with Crippen LogP contribution in [0.4, 0.5) is 5.13 Å². The highest BCUT2D eigenvalue weighted by molar-refractivity contribution is 7.14. The molecule has 5 nitrogen and oxygen atoms in total. The van der Waals surface area contributed by atoms with E-state index in [0.717, 1.165) is 22.6 Å². The Morgan fingerprint density at radius 3 is 2.58 bits per heavy atom. The van der Waals surface area contributed by atoms with Crippen LogP contribution in [0.25, 0.3) is 11.3 Å². The third-order valence-electron chi connectivity index (χ3n) is 3.97. The van der Waals surface area contributed by atoms with Gasteiger partial charge in [0.05, 0.1) is 17.8 Å². The van der Waals surface area contributed by atoms with Crippen molar-refractivity contribution in [2.45, 2.75) is 34.1 Å². The second kappa shape index (κ2) is 6.57. The van der Waals surface area contributed by atoms with E-state index in [2.05, 4.69) is 53.4 Å². The van der Waals surface area contributed by atoms with Crippen LogP contribution in [0.15, 0.2) is 23.6 Å². The van der Waals surface area contributed by atoms with Gasteiger partial charge in [0.2, 0.25) is 5.91 Å². The van der Waals surface area contributed by atoms with E-state index in [1.807, 2.05) is 18.4 Å². The van der Waals surface area contributed by atoms with Crippen LogP contribution >= 0.6 is 11.3 Å². The fourth-order valence-corrected chi connectivity index (χ4v) is 3.31. The lowest BCUT2D eigenvalue weighted by molar-refractivity contribution is -0.115. The summed E-state index contributed by atoms with van der Waals surface area (Å²) >= 11 is 1.44. The molecule has 3 aromatic rings. The molecule has 124 valence electrons. The topological polar surface area (TPSA) is 70.7 Å². The maximum atomic E-state index is 12.1. The van der Waals surface area contributed by atoms with E-state index in [4.69, 9.17) is 0 Å². The zero-order valence-electron chi connectivity index (χ0n) is 14.2. The minimum atomic E-state index is -0.112. The summed E-state index contributed by atoms with van der Waals surface area (Å²) in [6, 6.07) is 6.19. The first-order chi connectivity index (χ1) is 11.4. The van der Waals surface area contributed by atoms with E-state index in [1.54, 1.807) is 0 Å². The van der Waals surface area contributed by atoms with Crippen molar-refractivity contribution in [2.75, 3.05) is 5.32 Å². The molecule has 3 rings (SSSR count). The highest BCUT2D eigenvalue weighted by Crippen LogP contribution is 2.29. The predicted molar refractivity (Wildman–Crippen MR) is 97.4 cm³/mol. The molecule has 2 N–H and O–H groups in total. The van der Waals surface area contributed by atoms with Crippen LogP contribution in [0, 0.1) is 27.7 Å². The van der Waals surface area contributed by atoms with Gasteiger partial charge in [-0.1, -0.05) is 6.07 Å². The summed E-state index contributed by atoms with van der Waals surface area (Å²) < 4.78 is 0. The van der Waals surface area contributed by atoms with Crippen molar-refractivity contribution >= 4 is 22.4 Å². The average Bonchev–Trinajstić information content (AvgIpc) is 3.12. The Labute approximate surface area is 145 Å². The molecule has 0 atom stereocenters. The van der Waals surface area contributed by atoms with Crippen molar-refractivity contribution in [3.05, 3.63) is 51.7 Å². The number of aromatic amines is 1. The normalized spacial score (nSPS) is 10.8. The van der Waals surface area contributed by atoms with Crippen LogP contribution < -0.4 is 5.32 Å². The first-order valence-electron chi connectivity index (χ1n) is 7.77. The van der Waals surface area contributed by atoms with E-state index in [1.165, 1.54) is 28.0 Å². The van der Waals surface area contributed by atoms with Gasteiger partial charge in [0.1, 0.15) is 0 Å². The van der Waals surface area contributed by atoms with E-state index < -0.39 is 0 Å². The van der Waals surface area contributed by atoms with Gasteiger partial charge in [-0.3, -0.25) is 9.89 Å². The van der Waals surface area contributed by atoms with Crippen molar-refractivity contribution in [3.8, 4) is 11.3 Å². The summed E-state index contributed by atoms with van der Waals surface area (Å²) in [5.41, 5.74) is 7.38. The smallest absolute Gasteiger partial charge is 0.232 e. The molecule has 0 aliphatic heterocycles. The van der Waals surface area contributed by atoms with Gasteiger partial charge in [-0.15, -0.1) is 11.3 Å². The number of H-pyrrole nitrogens is 1. The molecule has 1 aromatic carbocycles. The number of nitrogens with zero attached hydrogens (tertiary/aromatic N) is 2. The number of benzene rings is 1. The van der Waals surface area contributed by atoms with Gasteiger partial charge in [-0.05, 0) is 56.5 Å². The average molecular weight is 340 g/mol. The summed E-state index contributed by atoms with van der Waals surface area (Å²) in [5.74, 6) is -0.112. The van der Waals surface area contributed by atoms with Crippen molar-refractivity contribution < 1.29 is 4.79 Å². The van der Waals surface area contributed by atoms with E-state index in [0.29, 0.717) is 5.13 Å². The number of hydrogen-bond acceptors (Lipinski definition) is 4. The maximum absolute atomic E-state index is 12.1. The fraction of sp³-hybridized carbons (Fsp3) is 0.278. The molecule has 0 fully saturated rings. The van der Waals surface area contributed by atoms with Crippen molar-refractivity contribution in [2.24, 2.45) is 0 Å². The van der Waals surface area contributed by atoms with Crippen molar-refractivity contribution in [1.29, 1.82) is 0 Å². The SMILES string of the molecule is Cc1cc(CC(=O)Nc2nc(-c3cc(C)c(C)cc3C)cs2)n[nH]1. The largest absolute Gasteiger partial charge is 0.302 e. The molecule has 2 aromatic heterocycles. The molecule has 0 radical (unpaired) electrons. The number of aryl methyl sites for hydroxylation is 4. The van der Waals surface area contributed by atoms with Gasteiger partial charge >= 0.3 is 0 Å². The maximum Gasteiger partial charge on any atom is 0.232 e. The van der Waals surface area contributed by atoms with Crippen LogP contribution in [-0.4, -0.2) is 21.1 Å². The summed E-state index contributed by atoms with van der Waals surface area (Å²) in [5, 5.41) is 12.4. The van der Waals surface area contributed by atoms with E-state index in [-0.39, 0.29) is 12.3 Å². The lowest BCUT2D eigenvalue weighted by atomic mass is 9.99. The molecule has 0 aliphatic carbocycles. The van der Waals surface area contributed by atoms with Crippen LogP contribution in [0.1, 0.15) is 28.1 Å². The van der Waals surface area contributed by atoms with E-state index in [9.17, 15) is 4.79 Å². The first-order valence-corrected chi connectivity index (χ1v) is 8.65. The Hall–Kier alpha value is -2.47. The highest BCUT2D eigenvalue weighted by atomic mass is 32.1. The molecule has 0 saturated heterocycles. The first kappa shape index (κ1) is 16.4. The standard InChI is InChI=1S/C18H20N4OS/c1-10-5-12(3)15(6-11(10)2)16-9-24-18(19-16)20-17(23)8-14-7-13(4)21-22-14/h5-7,9H,8H2,1-4H3,(H,21,22)(H,19,20,23). The third kappa shape index (κ3) is 3.54. The molecule has 0 aliphatic rings. The number of amides is 1. The van der Waals surface area contributed by atoms with E-state index >= 15 is 0 Å². The Kier molecular flexibility index (Phi) is 4.49. The molecular weight excluding hydrogens is 320 g/mol. The van der Waals surface area contributed by atoms with Crippen LogP contribution in [0.3, 0.4) is 0 Å². The summed E-state index contributed by atoms with van der Waals surface area (Å²) in [7, 11) is 0. The van der Waals surface area contributed by atoms with Crippen LogP contribution in [0.5, 0.6) is 0 Å². The van der Waals surface area contributed by atoms with Gasteiger partial charge < -0.3 is 5.32 Å². The molecule has 6 heteroatoms. The molecule has 0 bridgehead atoms. The summed E-state index contributed by atoms with van der Waals surface area (Å²) in [6.45, 7) is 8.20. The predicted octanol–water partition coefficient (Wildman–Crippen LogP) is 3.95. The van der Waals surface area contributed by atoms with Gasteiger partial charge in [-0.2, -0.15) is 5.10 Å². The minimum absolute atomic E-state index is 0.112. The molecular formula is C18H20N4OS. The monoisotopic (exact) mass is 340 g/mol. The number of nitrogens with one attached hydrogen (secondary N) is 2. The molecule has 2 heterocycles. The summed E-state index contributed by atoms with van der Waals surface area (Å²) in [6.07, 6.45) is 0.238. The fourth-order valence-electron chi connectivity index (χ4n) is 2.58. The number of aromatic nitrogens is 3. The van der Waals surface area contributed by atoms with Crippen LogP contribution in [0.2, 0.25) is 0 Å². The molecule has 24 heavy (non-hydrogen) atoms. The molecule has 0 unspecified atom stereocenters. The van der Waals surface area contributed by atoms with Gasteiger partial charge in [0.15, 0.2) is 5.13 Å². The van der Waals surface area contributed by atoms with Gasteiger partial charge in [0, 0.05) is 16.6 Å². The lowest BCUT2D eigenvalue weighted by Crippen LogP contribution is -2.14. The Balaban J connectivity index is 1.74. The van der Waals surface area contributed by atoms with Crippen molar-refractivity contribution in [3.63, 3.8) is 0 Å². The number of anilines is 1. The zero-order valence-corrected chi connectivity index (χ0v) is 15.0. The Bertz CT molecular complexity index is 894. The molecule has 0 saturated carbocycles. The zero-order chi connectivity index (χ0) is 17.3. The quantitative estimate of drug-likeness (QED) is 0.755. The van der Waals surface area contributed by atoms with Gasteiger partial charge in [-0.25, -0.2) is 4.98 Å². The number of thiazole rings is 1. The second-order valence-electron chi connectivity index (χ2n) is 6.06. The Morgan fingerprint density at radius 1 is 1.12 bits per heavy atom. The Morgan fingerprint density at radius 2 is 1.88 bits per heavy atom. The number of rotatable bonds is 4. The van der Waals surface area contributed by atoms with Gasteiger partial charge in [0.25, 0.3) is 0 Å². The highest BCUT2D eigenvalue weighted by Gasteiger charge is 2.12. The number of hydrogen-bond donors (Lipinski definition) is 2. The lowest BCUT2D eigenvalue weighted by Gasteiger charge is -2.07. The molecule has 1 amide bonds. The second-order valence-corrected chi connectivity index (χ2v) is 6.91. The summed E-state index contributed by atoms with van der Waals surface area (Å²) in [4.78, 5) is 16.7. The van der Waals surface area contributed by atoms with Crippen LogP contribution in [-0.2, 0) is 11.2 Å². The number of carbonyl (C=O) groups excluding carboxylic acids is 1. The minimum Gasteiger partial charge on any atom is -0.302 e. The third-order valence-corrected chi connectivity index (χ3v) is 4.73. The molecule has 0 spiro atoms. The number of carbonyl (C=O) groups is 1. The van der Waals surface area contributed by atoms with Crippen molar-refractivity contribution in [1.82, 2.24) is 15.2 Å².